The lowest BCUT2D eigenvalue weighted by Gasteiger charge is -2.17. The number of hydrogen-bond donors (Lipinski definition) is 2. The first-order chi connectivity index (χ1) is 5.74. The van der Waals surface area contributed by atoms with Crippen molar-refractivity contribution in [3.8, 4) is 0 Å². The molecule has 2 heteroatoms. The molecular formula is C10H23NO. The summed E-state index contributed by atoms with van der Waals surface area (Å²) in [6.07, 6.45) is 3.26. The Labute approximate surface area is 76.4 Å². The molecule has 0 aromatic carbocycles. The van der Waals surface area contributed by atoms with Gasteiger partial charge in [-0.25, -0.2) is 0 Å². The zero-order valence-corrected chi connectivity index (χ0v) is 8.64. The summed E-state index contributed by atoms with van der Waals surface area (Å²) in [5.74, 6) is 0.643. The summed E-state index contributed by atoms with van der Waals surface area (Å²) in [7, 11) is 0. The Morgan fingerprint density at radius 2 is 1.92 bits per heavy atom. The van der Waals surface area contributed by atoms with Crippen LogP contribution in [0.15, 0.2) is 0 Å². The quantitative estimate of drug-likeness (QED) is 0.615. The van der Waals surface area contributed by atoms with Crippen LogP contribution in [0.25, 0.3) is 0 Å². The third kappa shape index (κ3) is 5.56. The molecule has 0 saturated heterocycles. The van der Waals surface area contributed by atoms with E-state index in [0.29, 0.717) is 18.6 Å². The predicted molar refractivity (Wildman–Crippen MR) is 53.2 cm³/mol. The van der Waals surface area contributed by atoms with Crippen LogP contribution in [0.3, 0.4) is 0 Å². The molecule has 74 valence electrons. The maximum atomic E-state index is 8.76. The number of aliphatic hydroxyl groups is 1. The highest BCUT2D eigenvalue weighted by atomic mass is 16.3. The van der Waals surface area contributed by atoms with E-state index < -0.39 is 0 Å². The molecule has 0 amide bonds. The fraction of sp³-hybridized carbons (Fsp3) is 1.00. The predicted octanol–water partition coefficient (Wildman–Crippen LogP) is 1.78. The maximum absolute atomic E-state index is 8.76. The summed E-state index contributed by atoms with van der Waals surface area (Å²) in [5, 5.41) is 12.2. The standard InChI is InChI=1S/C10H23NO/c1-4-9(3)11-8-10(5-2)6-7-12/h9-12H,4-8H2,1-3H3. The van der Waals surface area contributed by atoms with Gasteiger partial charge in [0.2, 0.25) is 0 Å². The number of aliphatic hydroxyl groups excluding tert-OH is 1. The normalized spacial score (nSPS) is 16.0. The molecule has 12 heavy (non-hydrogen) atoms. The van der Waals surface area contributed by atoms with Crippen LogP contribution in [0.2, 0.25) is 0 Å². The van der Waals surface area contributed by atoms with Crippen LogP contribution < -0.4 is 5.32 Å². The van der Waals surface area contributed by atoms with Gasteiger partial charge < -0.3 is 10.4 Å². The molecule has 0 aliphatic carbocycles. The van der Waals surface area contributed by atoms with E-state index in [0.717, 1.165) is 19.4 Å². The molecule has 2 unspecified atom stereocenters. The Bertz CT molecular complexity index is 95.8. The topological polar surface area (TPSA) is 32.3 Å². The minimum atomic E-state index is 0.320. The Hall–Kier alpha value is -0.0800. The first kappa shape index (κ1) is 11.9. The van der Waals surface area contributed by atoms with E-state index in [2.05, 4.69) is 26.1 Å². The molecule has 0 aromatic heterocycles. The maximum Gasteiger partial charge on any atom is 0.0434 e. The van der Waals surface area contributed by atoms with Crippen molar-refractivity contribution in [1.29, 1.82) is 0 Å². The van der Waals surface area contributed by atoms with Gasteiger partial charge in [0.1, 0.15) is 0 Å². The Balaban J connectivity index is 3.43. The summed E-state index contributed by atoms with van der Waals surface area (Å²) in [6.45, 7) is 7.93. The van der Waals surface area contributed by atoms with Crippen molar-refractivity contribution in [2.45, 2.75) is 46.1 Å². The van der Waals surface area contributed by atoms with Crippen molar-refractivity contribution < 1.29 is 5.11 Å². The van der Waals surface area contributed by atoms with Crippen LogP contribution in [0, 0.1) is 5.92 Å². The molecule has 0 heterocycles. The fourth-order valence-electron chi connectivity index (χ4n) is 1.15. The Kier molecular flexibility index (Phi) is 7.51. The van der Waals surface area contributed by atoms with Crippen molar-refractivity contribution in [2.24, 2.45) is 5.92 Å². The molecule has 0 saturated carbocycles. The largest absolute Gasteiger partial charge is 0.396 e. The molecule has 0 aliphatic rings. The van der Waals surface area contributed by atoms with E-state index in [4.69, 9.17) is 5.11 Å². The highest BCUT2D eigenvalue weighted by Gasteiger charge is 2.06. The fourth-order valence-corrected chi connectivity index (χ4v) is 1.15. The molecule has 0 rings (SSSR count). The lowest BCUT2D eigenvalue weighted by Crippen LogP contribution is -2.30. The van der Waals surface area contributed by atoms with Crippen LogP contribution >= 0.6 is 0 Å². The number of rotatable bonds is 7. The van der Waals surface area contributed by atoms with Gasteiger partial charge in [-0.3, -0.25) is 0 Å². The Morgan fingerprint density at radius 3 is 2.33 bits per heavy atom. The third-order valence-corrected chi connectivity index (χ3v) is 2.48. The second kappa shape index (κ2) is 7.56. The molecule has 0 fully saturated rings. The molecule has 0 aromatic rings. The molecule has 0 spiro atoms. The van der Waals surface area contributed by atoms with Crippen molar-refractivity contribution in [1.82, 2.24) is 5.32 Å². The van der Waals surface area contributed by atoms with Gasteiger partial charge in [0.05, 0.1) is 0 Å². The van der Waals surface area contributed by atoms with Gasteiger partial charge in [0, 0.05) is 12.6 Å². The van der Waals surface area contributed by atoms with Gasteiger partial charge in [-0.15, -0.1) is 0 Å². The van der Waals surface area contributed by atoms with Crippen LogP contribution in [-0.4, -0.2) is 24.3 Å². The van der Waals surface area contributed by atoms with Gasteiger partial charge in [0.25, 0.3) is 0 Å². The molecule has 2 atom stereocenters. The van der Waals surface area contributed by atoms with Crippen molar-refractivity contribution in [2.75, 3.05) is 13.2 Å². The molecule has 0 radical (unpaired) electrons. The van der Waals surface area contributed by atoms with E-state index in [1.807, 2.05) is 0 Å². The van der Waals surface area contributed by atoms with Gasteiger partial charge in [-0.1, -0.05) is 20.3 Å². The van der Waals surface area contributed by atoms with Gasteiger partial charge >= 0.3 is 0 Å². The average molecular weight is 173 g/mol. The van der Waals surface area contributed by atoms with E-state index in [9.17, 15) is 0 Å². The van der Waals surface area contributed by atoms with Crippen molar-refractivity contribution in [3.63, 3.8) is 0 Å². The summed E-state index contributed by atoms with van der Waals surface area (Å²) in [4.78, 5) is 0. The van der Waals surface area contributed by atoms with E-state index in [1.54, 1.807) is 0 Å². The highest BCUT2D eigenvalue weighted by molar-refractivity contribution is 4.64. The van der Waals surface area contributed by atoms with Gasteiger partial charge in [-0.05, 0) is 32.2 Å². The van der Waals surface area contributed by atoms with Crippen LogP contribution in [-0.2, 0) is 0 Å². The number of nitrogens with one attached hydrogen (secondary N) is 1. The first-order valence-corrected chi connectivity index (χ1v) is 5.08. The zero-order chi connectivity index (χ0) is 9.40. The molecule has 2 N–H and O–H groups in total. The summed E-state index contributed by atoms with van der Waals surface area (Å²) in [6, 6.07) is 0.609. The van der Waals surface area contributed by atoms with Crippen molar-refractivity contribution >= 4 is 0 Å². The summed E-state index contributed by atoms with van der Waals surface area (Å²) < 4.78 is 0. The second-order valence-electron chi connectivity index (χ2n) is 3.50. The zero-order valence-electron chi connectivity index (χ0n) is 8.64. The summed E-state index contributed by atoms with van der Waals surface area (Å²) >= 11 is 0. The minimum absolute atomic E-state index is 0.320. The Morgan fingerprint density at radius 1 is 1.25 bits per heavy atom. The van der Waals surface area contributed by atoms with Crippen molar-refractivity contribution in [3.05, 3.63) is 0 Å². The monoisotopic (exact) mass is 173 g/mol. The SMILES string of the molecule is CCC(CCO)CNC(C)CC. The lowest BCUT2D eigenvalue weighted by molar-refractivity contribution is 0.248. The minimum Gasteiger partial charge on any atom is -0.396 e. The van der Waals surface area contributed by atoms with Crippen LogP contribution in [0.4, 0.5) is 0 Å². The third-order valence-electron chi connectivity index (χ3n) is 2.48. The number of hydrogen-bond acceptors (Lipinski definition) is 2. The van der Waals surface area contributed by atoms with E-state index in [1.165, 1.54) is 6.42 Å². The summed E-state index contributed by atoms with van der Waals surface area (Å²) in [5.41, 5.74) is 0. The highest BCUT2D eigenvalue weighted by Crippen LogP contribution is 2.06. The van der Waals surface area contributed by atoms with Crippen LogP contribution in [0.5, 0.6) is 0 Å². The average Bonchev–Trinajstić information content (AvgIpc) is 2.11. The van der Waals surface area contributed by atoms with Gasteiger partial charge in [0.15, 0.2) is 0 Å². The first-order valence-electron chi connectivity index (χ1n) is 5.08. The second-order valence-corrected chi connectivity index (χ2v) is 3.50. The molecule has 0 aliphatic heterocycles. The lowest BCUT2D eigenvalue weighted by atomic mass is 10.0. The van der Waals surface area contributed by atoms with E-state index >= 15 is 0 Å². The molecule has 0 bridgehead atoms. The molecular weight excluding hydrogens is 150 g/mol. The van der Waals surface area contributed by atoms with Crippen LogP contribution in [0.1, 0.15) is 40.0 Å². The molecule has 2 nitrogen and oxygen atoms in total. The van der Waals surface area contributed by atoms with Gasteiger partial charge in [-0.2, -0.15) is 0 Å². The smallest absolute Gasteiger partial charge is 0.0434 e. The van der Waals surface area contributed by atoms with E-state index in [-0.39, 0.29) is 0 Å².